The number of carbonyl (C=O) groups is 1. The van der Waals surface area contributed by atoms with E-state index >= 15 is 0 Å². The molecule has 0 unspecified atom stereocenters. The number of nitrogens with zero attached hydrogens (tertiary/aromatic N) is 4. The van der Waals surface area contributed by atoms with Crippen LogP contribution in [0.3, 0.4) is 0 Å². The number of thiazole rings is 2. The van der Waals surface area contributed by atoms with Crippen LogP contribution in [-0.2, 0) is 0 Å². The molecule has 0 aliphatic carbocycles. The first-order valence-electron chi connectivity index (χ1n) is 9.97. The van der Waals surface area contributed by atoms with Crippen LogP contribution in [-0.4, -0.2) is 36.3 Å². The molecule has 0 spiro atoms. The summed E-state index contributed by atoms with van der Waals surface area (Å²) >= 11 is 2.70. The number of hydrazone groups is 1. The Kier molecular flexibility index (Phi) is 5.72. The van der Waals surface area contributed by atoms with Gasteiger partial charge in [-0.2, -0.15) is 10.1 Å². The molecule has 0 saturated carbocycles. The molecule has 0 aliphatic rings. The average Bonchev–Trinajstić information content (AvgIpc) is 3.48. The monoisotopic (exact) mass is 474 g/mol. The molecule has 0 aliphatic heterocycles. The van der Waals surface area contributed by atoms with Crippen molar-refractivity contribution < 1.29 is 14.3 Å². The Balaban J connectivity index is 1.56. The first-order chi connectivity index (χ1) is 16.1. The van der Waals surface area contributed by atoms with Crippen LogP contribution >= 0.6 is 22.7 Å². The Hall–Kier alpha value is -3.82. The van der Waals surface area contributed by atoms with Crippen molar-refractivity contribution in [2.24, 2.45) is 5.10 Å². The van der Waals surface area contributed by atoms with Gasteiger partial charge in [-0.3, -0.25) is 4.79 Å². The number of benzene rings is 3. The van der Waals surface area contributed by atoms with Gasteiger partial charge in [-0.1, -0.05) is 23.5 Å². The maximum Gasteiger partial charge on any atom is 0.309 e. The van der Waals surface area contributed by atoms with Crippen molar-refractivity contribution in [3.63, 3.8) is 0 Å². The summed E-state index contributed by atoms with van der Waals surface area (Å²) < 4.78 is 12.4. The van der Waals surface area contributed by atoms with Crippen molar-refractivity contribution in [2.75, 3.05) is 19.2 Å². The van der Waals surface area contributed by atoms with E-state index in [1.807, 2.05) is 66.7 Å². The normalized spacial score (nSPS) is 11.3. The third kappa shape index (κ3) is 4.28. The molecular weight excluding hydrogens is 456 g/mol. The van der Waals surface area contributed by atoms with E-state index in [0.29, 0.717) is 10.1 Å². The third-order valence-electron chi connectivity index (χ3n) is 4.87. The van der Waals surface area contributed by atoms with E-state index in [9.17, 15) is 4.79 Å². The van der Waals surface area contributed by atoms with Crippen molar-refractivity contribution >= 4 is 60.4 Å². The minimum atomic E-state index is -0.341. The summed E-state index contributed by atoms with van der Waals surface area (Å²) in [5.41, 5.74) is 2.36. The quantitative estimate of drug-likeness (QED) is 0.236. The predicted octanol–water partition coefficient (Wildman–Crippen LogP) is 5.60. The molecule has 2 heterocycles. The van der Waals surface area contributed by atoms with Crippen molar-refractivity contribution in [3.05, 3.63) is 77.3 Å². The van der Waals surface area contributed by atoms with Gasteiger partial charge in [0.05, 0.1) is 40.9 Å². The lowest BCUT2D eigenvalue weighted by Crippen LogP contribution is -2.25. The number of hydrogen-bond donors (Lipinski definition) is 0. The molecule has 0 radical (unpaired) electrons. The molecule has 2 aromatic heterocycles. The molecule has 5 rings (SSSR count). The Labute approximate surface area is 197 Å². The number of rotatable bonds is 6. The van der Waals surface area contributed by atoms with E-state index in [0.717, 1.165) is 37.5 Å². The number of methoxy groups -OCH3 is 2. The number of ether oxygens (including phenoxy) is 2. The molecule has 7 nitrogen and oxygen atoms in total. The van der Waals surface area contributed by atoms with Gasteiger partial charge in [0.1, 0.15) is 11.5 Å². The summed E-state index contributed by atoms with van der Waals surface area (Å²) in [4.78, 5) is 22.7. The van der Waals surface area contributed by atoms with Gasteiger partial charge in [-0.25, -0.2) is 9.97 Å². The molecule has 33 heavy (non-hydrogen) atoms. The highest BCUT2D eigenvalue weighted by atomic mass is 32.1. The molecule has 3 aromatic carbocycles. The lowest BCUT2D eigenvalue weighted by Gasteiger charge is -2.11. The smallest absolute Gasteiger partial charge is 0.309 e. The van der Waals surface area contributed by atoms with Crippen LogP contribution in [0, 0.1) is 0 Å². The van der Waals surface area contributed by atoms with Gasteiger partial charge in [-0.15, -0.1) is 11.3 Å². The van der Waals surface area contributed by atoms with E-state index in [4.69, 9.17) is 9.47 Å². The first kappa shape index (κ1) is 21.0. The fourth-order valence-corrected chi connectivity index (χ4v) is 5.01. The lowest BCUT2D eigenvalue weighted by molar-refractivity contribution is 0.0987. The largest absolute Gasteiger partial charge is 0.497 e. The third-order valence-corrected chi connectivity index (χ3v) is 6.89. The Bertz CT molecular complexity index is 1440. The molecular formula is C24H18N4O3S2. The zero-order valence-corrected chi connectivity index (χ0v) is 19.4. The number of aromatic nitrogens is 2. The molecule has 9 heteroatoms. The highest BCUT2D eigenvalue weighted by Crippen LogP contribution is 2.33. The van der Waals surface area contributed by atoms with Crippen LogP contribution in [0.2, 0.25) is 0 Å². The Morgan fingerprint density at radius 3 is 2.36 bits per heavy atom. The maximum absolute atomic E-state index is 13.5. The van der Waals surface area contributed by atoms with Gasteiger partial charge >= 0.3 is 5.91 Å². The van der Waals surface area contributed by atoms with Gasteiger partial charge < -0.3 is 9.47 Å². The summed E-state index contributed by atoms with van der Waals surface area (Å²) in [6, 6.07) is 20.7. The van der Waals surface area contributed by atoms with E-state index in [1.165, 1.54) is 27.7 Å². The highest BCUT2D eigenvalue weighted by Gasteiger charge is 2.24. The number of hydrogen-bond acceptors (Lipinski definition) is 8. The van der Waals surface area contributed by atoms with Crippen molar-refractivity contribution in [2.45, 2.75) is 0 Å². The highest BCUT2D eigenvalue weighted by molar-refractivity contribution is 7.23. The molecule has 0 saturated heterocycles. The minimum absolute atomic E-state index is 0.341. The van der Waals surface area contributed by atoms with Gasteiger partial charge in [0.25, 0.3) is 0 Å². The second-order valence-corrected chi connectivity index (χ2v) is 8.99. The summed E-state index contributed by atoms with van der Waals surface area (Å²) in [5.74, 6) is 1.13. The fourth-order valence-electron chi connectivity index (χ4n) is 3.17. The topological polar surface area (TPSA) is 76.9 Å². The predicted molar refractivity (Wildman–Crippen MR) is 133 cm³/mol. The van der Waals surface area contributed by atoms with Gasteiger partial charge in [0.15, 0.2) is 5.01 Å². The number of carbonyl (C=O) groups excluding carboxylic acids is 1. The summed E-state index contributed by atoms with van der Waals surface area (Å²) in [7, 11) is 3.23. The molecule has 0 fully saturated rings. The number of para-hydroxylation sites is 1. The Morgan fingerprint density at radius 1 is 0.879 bits per heavy atom. The molecule has 0 bridgehead atoms. The SMILES string of the molecule is COc1ccc(/C=N/N(C(=O)c2nc3ccccc3s2)c2nc3ccc(OC)cc3s2)cc1. The molecule has 1 amide bonds. The Morgan fingerprint density at radius 2 is 1.61 bits per heavy atom. The molecule has 164 valence electrons. The standard InChI is InChI=1S/C24H18N4O3S2/c1-30-16-9-7-15(8-10-16)14-25-28(23(29)22-26-18-5-3-4-6-20(18)32-22)24-27-19-12-11-17(31-2)13-21(19)33-24/h3-14H,1-2H3/b25-14+. The second kappa shape index (κ2) is 8.97. The van der Waals surface area contributed by atoms with Gasteiger partial charge in [0, 0.05) is 0 Å². The average molecular weight is 475 g/mol. The summed E-state index contributed by atoms with van der Waals surface area (Å²) in [6.07, 6.45) is 1.62. The van der Waals surface area contributed by atoms with E-state index < -0.39 is 0 Å². The number of anilines is 1. The zero-order valence-electron chi connectivity index (χ0n) is 17.8. The maximum atomic E-state index is 13.5. The van der Waals surface area contributed by atoms with E-state index in [2.05, 4.69) is 15.1 Å². The van der Waals surface area contributed by atoms with Crippen LogP contribution in [0.5, 0.6) is 11.5 Å². The van der Waals surface area contributed by atoms with Crippen molar-refractivity contribution in [1.82, 2.24) is 9.97 Å². The van der Waals surface area contributed by atoms with Crippen LogP contribution in [0.4, 0.5) is 5.13 Å². The van der Waals surface area contributed by atoms with Crippen molar-refractivity contribution in [3.8, 4) is 11.5 Å². The van der Waals surface area contributed by atoms with Crippen molar-refractivity contribution in [1.29, 1.82) is 0 Å². The van der Waals surface area contributed by atoms with Crippen LogP contribution in [0.1, 0.15) is 15.4 Å². The van der Waals surface area contributed by atoms with Crippen LogP contribution in [0.15, 0.2) is 71.8 Å². The zero-order chi connectivity index (χ0) is 22.8. The van der Waals surface area contributed by atoms with Gasteiger partial charge in [-0.05, 0) is 60.2 Å². The number of fused-ring (bicyclic) bond motifs is 2. The van der Waals surface area contributed by atoms with Crippen LogP contribution < -0.4 is 14.5 Å². The molecule has 0 atom stereocenters. The van der Waals surface area contributed by atoms with E-state index in [1.54, 1.807) is 20.4 Å². The second-order valence-electron chi connectivity index (χ2n) is 6.95. The van der Waals surface area contributed by atoms with Crippen LogP contribution in [0.25, 0.3) is 20.4 Å². The fraction of sp³-hybridized carbons (Fsp3) is 0.0833. The molecule has 0 N–H and O–H groups in total. The minimum Gasteiger partial charge on any atom is -0.497 e. The first-order valence-corrected chi connectivity index (χ1v) is 11.6. The van der Waals surface area contributed by atoms with Gasteiger partial charge in [0.2, 0.25) is 5.13 Å². The summed E-state index contributed by atoms with van der Waals surface area (Å²) in [5, 5.41) is 6.61. The lowest BCUT2D eigenvalue weighted by atomic mass is 10.2. The number of amides is 1. The molecule has 5 aromatic rings. The van der Waals surface area contributed by atoms with E-state index in [-0.39, 0.29) is 5.91 Å². The summed E-state index contributed by atoms with van der Waals surface area (Å²) in [6.45, 7) is 0.